The molecule has 0 bridgehead atoms. The number of nitrogens with one attached hydrogen (secondary N) is 1. The van der Waals surface area contributed by atoms with E-state index < -0.39 is 83.3 Å². The SMILES string of the molecule is CC(=O)O[C@@H]1[C@@H](N=[N+]=[N-])[C@@H](OC[C@H](NC(=O)OCC(Cl)(Cl)Cl)C(=O)OCc2ccccc2)O[C@H](COC(c2ccccc2)(c2ccccc2)c2ccccc2)[C@@H]1OC(C)=O. The molecule has 1 saturated heterocycles. The Morgan fingerprint density at radius 2 is 1.27 bits per heavy atom. The van der Waals surface area contributed by atoms with Crippen molar-refractivity contribution in [1.29, 1.82) is 0 Å². The number of rotatable bonds is 17. The van der Waals surface area contributed by atoms with Crippen molar-refractivity contribution in [2.75, 3.05) is 19.8 Å². The van der Waals surface area contributed by atoms with Gasteiger partial charge in [0, 0.05) is 18.8 Å². The molecular weight excluding hydrogens is 843 g/mol. The third-order valence-corrected chi connectivity index (χ3v) is 9.33. The van der Waals surface area contributed by atoms with E-state index in [0.29, 0.717) is 5.56 Å². The van der Waals surface area contributed by atoms with Gasteiger partial charge in [-0.15, -0.1) is 0 Å². The molecule has 316 valence electrons. The number of carbonyl (C=O) groups excluding carboxylic acids is 4. The molecular formula is C42H41Cl3N4O11. The zero-order chi connectivity index (χ0) is 43.1. The van der Waals surface area contributed by atoms with Crippen molar-refractivity contribution in [3.05, 3.63) is 154 Å². The number of amides is 1. The molecule has 1 heterocycles. The molecule has 0 radical (unpaired) electrons. The van der Waals surface area contributed by atoms with Gasteiger partial charge in [0.1, 0.15) is 31.0 Å². The molecule has 1 aliphatic heterocycles. The molecule has 1 N–H and O–H groups in total. The number of alkyl halides is 3. The van der Waals surface area contributed by atoms with Crippen LogP contribution in [0.1, 0.15) is 36.1 Å². The number of carbonyl (C=O) groups is 4. The van der Waals surface area contributed by atoms with E-state index >= 15 is 0 Å². The number of nitrogens with zero attached hydrogens (tertiary/aromatic N) is 3. The predicted molar refractivity (Wildman–Crippen MR) is 219 cm³/mol. The van der Waals surface area contributed by atoms with Crippen molar-refractivity contribution < 1.29 is 52.3 Å². The van der Waals surface area contributed by atoms with E-state index in [1.165, 1.54) is 0 Å². The Morgan fingerprint density at radius 3 is 1.75 bits per heavy atom. The molecule has 0 saturated carbocycles. The molecule has 15 nitrogen and oxygen atoms in total. The van der Waals surface area contributed by atoms with E-state index in [4.69, 9.17) is 68.0 Å². The molecule has 1 amide bonds. The molecule has 60 heavy (non-hydrogen) atoms. The minimum Gasteiger partial charge on any atom is -0.459 e. The van der Waals surface area contributed by atoms with E-state index in [1.54, 1.807) is 30.3 Å². The number of hydrogen-bond acceptors (Lipinski definition) is 12. The Labute approximate surface area is 360 Å². The van der Waals surface area contributed by atoms with E-state index in [-0.39, 0.29) is 13.2 Å². The van der Waals surface area contributed by atoms with Crippen LogP contribution < -0.4 is 5.32 Å². The first kappa shape index (κ1) is 45.7. The minimum absolute atomic E-state index is 0.174. The standard InChI is InChI=1S/C42H41Cl3N4O11/c1-27(50)58-36-34(25-57-42(30-17-9-4-10-18-30,31-19-11-5-12-20-31)32-21-13-6-14-22-32)60-39(35(48-49-46)37(36)59-28(2)51)55-24-33(47-40(53)56-26-41(43,44)45)38(52)54-23-29-15-7-3-8-16-29/h3-22,33-37,39H,23-26H2,1-2H3,(H,47,53)/t33-,34+,35+,36-,37+,39-/m0/s1. The topological polar surface area (TPSA) is 194 Å². The molecule has 0 aliphatic carbocycles. The van der Waals surface area contributed by atoms with Crippen LogP contribution in [0.15, 0.2) is 126 Å². The average Bonchev–Trinajstić information content (AvgIpc) is 3.24. The Morgan fingerprint density at radius 1 is 0.767 bits per heavy atom. The largest absolute Gasteiger partial charge is 0.459 e. The highest BCUT2D eigenvalue weighted by Gasteiger charge is 2.52. The lowest BCUT2D eigenvalue weighted by molar-refractivity contribution is -0.279. The average molecular weight is 884 g/mol. The summed E-state index contributed by atoms with van der Waals surface area (Å²) in [6.45, 7) is 0.397. The Balaban J connectivity index is 1.51. The predicted octanol–water partition coefficient (Wildman–Crippen LogP) is 7.49. The third-order valence-electron chi connectivity index (χ3n) is 9.00. The van der Waals surface area contributed by atoms with Crippen LogP contribution in [0.4, 0.5) is 4.79 Å². The summed E-state index contributed by atoms with van der Waals surface area (Å²) in [5, 5.41) is 6.13. The van der Waals surface area contributed by atoms with E-state index in [0.717, 1.165) is 30.5 Å². The van der Waals surface area contributed by atoms with Crippen molar-refractivity contribution >= 4 is 58.8 Å². The van der Waals surface area contributed by atoms with Crippen LogP contribution in [0.3, 0.4) is 0 Å². The highest BCUT2D eigenvalue weighted by molar-refractivity contribution is 6.67. The first-order chi connectivity index (χ1) is 28.8. The van der Waals surface area contributed by atoms with Crippen LogP contribution >= 0.6 is 34.8 Å². The molecule has 0 spiro atoms. The van der Waals surface area contributed by atoms with Gasteiger partial charge in [-0.1, -0.05) is 161 Å². The zero-order valence-electron chi connectivity index (χ0n) is 32.3. The number of azide groups is 1. The first-order valence-electron chi connectivity index (χ1n) is 18.5. The van der Waals surface area contributed by atoms with E-state index in [2.05, 4.69) is 15.3 Å². The smallest absolute Gasteiger partial charge is 0.408 e. The van der Waals surface area contributed by atoms with Gasteiger partial charge < -0.3 is 38.5 Å². The lowest BCUT2D eigenvalue weighted by atomic mass is 9.80. The van der Waals surface area contributed by atoms with Crippen molar-refractivity contribution in [3.8, 4) is 0 Å². The number of halogens is 3. The van der Waals surface area contributed by atoms with Crippen LogP contribution in [0, 0.1) is 0 Å². The number of hydrogen-bond donors (Lipinski definition) is 1. The van der Waals surface area contributed by atoms with Crippen molar-refractivity contribution in [1.82, 2.24) is 5.32 Å². The van der Waals surface area contributed by atoms with Gasteiger partial charge in [-0.3, -0.25) is 9.59 Å². The van der Waals surface area contributed by atoms with Crippen LogP contribution in [-0.4, -0.2) is 84.3 Å². The summed E-state index contributed by atoms with van der Waals surface area (Å²) in [5.41, 5.74) is 11.3. The molecule has 0 aromatic heterocycles. The number of alkyl carbamates (subject to hydrolysis) is 1. The van der Waals surface area contributed by atoms with Crippen molar-refractivity contribution in [3.63, 3.8) is 0 Å². The maximum absolute atomic E-state index is 13.5. The summed E-state index contributed by atoms with van der Waals surface area (Å²) in [4.78, 5) is 54.5. The molecule has 4 aromatic rings. The quantitative estimate of drug-likeness (QED) is 0.0210. The fraction of sp³-hybridized carbons (Fsp3) is 0.333. The molecule has 1 fully saturated rings. The Hall–Kier alpha value is -5.38. The second kappa shape index (κ2) is 21.7. The summed E-state index contributed by atoms with van der Waals surface area (Å²) in [7, 11) is 0. The lowest BCUT2D eigenvalue weighted by Gasteiger charge is -2.45. The number of esters is 3. The second-order valence-corrected chi connectivity index (χ2v) is 15.8. The van der Waals surface area contributed by atoms with E-state index in [1.807, 2.05) is 91.0 Å². The van der Waals surface area contributed by atoms with Gasteiger partial charge in [0.05, 0.1) is 13.2 Å². The normalized spacial score (nSPS) is 19.4. The second-order valence-electron chi connectivity index (χ2n) is 13.3. The number of benzene rings is 4. The van der Waals surface area contributed by atoms with Gasteiger partial charge in [0.25, 0.3) is 0 Å². The fourth-order valence-electron chi connectivity index (χ4n) is 6.50. The first-order valence-corrected chi connectivity index (χ1v) is 19.6. The summed E-state index contributed by atoms with van der Waals surface area (Å²) >= 11 is 17.2. The van der Waals surface area contributed by atoms with Gasteiger partial charge in [-0.05, 0) is 27.8 Å². The molecule has 1 aliphatic rings. The molecule has 18 heteroatoms. The van der Waals surface area contributed by atoms with Crippen LogP contribution in [0.5, 0.6) is 0 Å². The minimum atomic E-state index is -1.96. The van der Waals surface area contributed by atoms with E-state index in [9.17, 15) is 24.7 Å². The summed E-state index contributed by atoms with van der Waals surface area (Å²) < 4.78 is 39.4. The van der Waals surface area contributed by atoms with Gasteiger partial charge >= 0.3 is 24.0 Å². The fourth-order valence-corrected chi connectivity index (χ4v) is 6.67. The van der Waals surface area contributed by atoms with Crippen LogP contribution in [0.2, 0.25) is 0 Å². The Bertz CT molecular complexity index is 1980. The molecule has 4 aromatic carbocycles. The van der Waals surface area contributed by atoms with Gasteiger partial charge in [-0.25, -0.2) is 9.59 Å². The maximum atomic E-state index is 13.5. The van der Waals surface area contributed by atoms with Crippen molar-refractivity contribution in [2.24, 2.45) is 5.11 Å². The molecule has 5 rings (SSSR count). The van der Waals surface area contributed by atoms with Crippen molar-refractivity contribution in [2.45, 2.75) is 66.5 Å². The lowest BCUT2D eigenvalue weighted by Crippen LogP contribution is -2.62. The Kier molecular flexibility index (Phi) is 16.6. The van der Waals surface area contributed by atoms with Gasteiger partial charge in [-0.2, -0.15) is 0 Å². The molecule has 0 unspecified atom stereocenters. The van der Waals surface area contributed by atoms with Gasteiger partial charge in [0.2, 0.25) is 3.79 Å². The summed E-state index contributed by atoms with van der Waals surface area (Å²) in [6, 6.07) is 33.8. The maximum Gasteiger partial charge on any atom is 0.408 e. The highest BCUT2D eigenvalue weighted by Crippen LogP contribution is 2.41. The highest BCUT2D eigenvalue weighted by atomic mass is 35.6. The van der Waals surface area contributed by atoms with Gasteiger partial charge in [0.15, 0.2) is 24.5 Å². The zero-order valence-corrected chi connectivity index (χ0v) is 34.6. The monoisotopic (exact) mass is 882 g/mol. The summed E-state index contributed by atoms with van der Waals surface area (Å²) in [6.07, 6.45) is -6.98. The summed E-state index contributed by atoms with van der Waals surface area (Å²) in [5.74, 6) is -2.55. The third kappa shape index (κ3) is 12.6. The van der Waals surface area contributed by atoms with Crippen LogP contribution in [-0.2, 0) is 59.7 Å². The van der Waals surface area contributed by atoms with Crippen LogP contribution in [0.25, 0.3) is 10.4 Å². The number of ether oxygens (including phenoxy) is 7. The molecule has 6 atom stereocenters.